The van der Waals surface area contributed by atoms with E-state index in [4.69, 9.17) is 0 Å². The molecule has 108 valence electrons. The molecule has 0 saturated heterocycles. The second-order valence-electron chi connectivity index (χ2n) is 5.55. The largest absolute Gasteiger partial charge is 0.355 e. The van der Waals surface area contributed by atoms with Crippen LogP contribution >= 0.6 is 15.9 Å². The monoisotopic (exact) mass is 319 g/mol. The lowest BCUT2D eigenvalue weighted by molar-refractivity contribution is -0.121. The van der Waals surface area contributed by atoms with E-state index in [0.29, 0.717) is 17.2 Å². The first kappa shape index (κ1) is 17.9. The van der Waals surface area contributed by atoms with Crippen molar-refractivity contribution >= 4 is 21.8 Å². The number of halogens is 1. The predicted molar refractivity (Wildman–Crippen MR) is 83.2 cm³/mol. The van der Waals surface area contributed by atoms with Crippen LogP contribution in [0.25, 0.3) is 0 Å². The smallest absolute Gasteiger partial charge is 0.220 e. The standard InChI is InChI=1S/C15H30BrNO/c1-4-5-6-7-8-9-10-15(18)17-12-14(16)11-13(2)3/h13-14H,4-12H2,1-3H3,(H,17,18). The first-order valence-corrected chi connectivity index (χ1v) is 8.38. The molecule has 3 heteroatoms. The normalized spacial score (nSPS) is 12.7. The van der Waals surface area contributed by atoms with Crippen molar-refractivity contribution in [2.24, 2.45) is 5.92 Å². The average Bonchev–Trinajstić information content (AvgIpc) is 2.30. The number of amides is 1. The van der Waals surface area contributed by atoms with Crippen molar-refractivity contribution in [3.05, 3.63) is 0 Å². The van der Waals surface area contributed by atoms with E-state index in [0.717, 1.165) is 19.4 Å². The summed E-state index contributed by atoms with van der Waals surface area (Å²) in [4.78, 5) is 12.0. The molecular weight excluding hydrogens is 290 g/mol. The maximum atomic E-state index is 11.6. The van der Waals surface area contributed by atoms with Crippen molar-refractivity contribution in [1.82, 2.24) is 5.32 Å². The highest BCUT2D eigenvalue weighted by Gasteiger charge is 2.08. The molecule has 0 aliphatic rings. The topological polar surface area (TPSA) is 29.1 Å². The van der Waals surface area contributed by atoms with Gasteiger partial charge in [0.15, 0.2) is 0 Å². The molecule has 0 aliphatic carbocycles. The number of rotatable bonds is 11. The third kappa shape index (κ3) is 12.4. The zero-order valence-electron chi connectivity index (χ0n) is 12.3. The van der Waals surface area contributed by atoms with Gasteiger partial charge in [-0.25, -0.2) is 0 Å². The Morgan fingerprint density at radius 1 is 1.11 bits per heavy atom. The minimum Gasteiger partial charge on any atom is -0.355 e. The fraction of sp³-hybridized carbons (Fsp3) is 0.933. The van der Waals surface area contributed by atoms with E-state index in [9.17, 15) is 4.79 Å². The molecular formula is C15H30BrNO. The van der Waals surface area contributed by atoms with Gasteiger partial charge in [0.05, 0.1) is 0 Å². The Bertz CT molecular complexity index is 207. The molecule has 0 spiro atoms. The number of nitrogens with one attached hydrogen (secondary N) is 1. The van der Waals surface area contributed by atoms with Gasteiger partial charge in [-0.3, -0.25) is 4.79 Å². The van der Waals surface area contributed by atoms with Crippen molar-refractivity contribution < 1.29 is 4.79 Å². The van der Waals surface area contributed by atoms with Crippen LogP contribution < -0.4 is 5.32 Å². The van der Waals surface area contributed by atoms with Crippen molar-refractivity contribution in [3.63, 3.8) is 0 Å². The van der Waals surface area contributed by atoms with Crippen LogP contribution in [0.2, 0.25) is 0 Å². The van der Waals surface area contributed by atoms with E-state index in [-0.39, 0.29) is 5.91 Å². The number of carbonyl (C=O) groups is 1. The minimum absolute atomic E-state index is 0.207. The van der Waals surface area contributed by atoms with E-state index in [1.165, 1.54) is 32.1 Å². The Labute approximate surface area is 121 Å². The van der Waals surface area contributed by atoms with E-state index in [2.05, 4.69) is 42.0 Å². The molecule has 0 aromatic carbocycles. The molecule has 0 aromatic rings. The summed E-state index contributed by atoms with van der Waals surface area (Å²) in [6.45, 7) is 7.38. The first-order valence-electron chi connectivity index (χ1n) is 7.47. The van der Waals surface area contributed by atoms with Crippen LogP contribution in [0.4, 0.5) is 0 Å². The molecule has 0 heterocycles. The maximum Gasteiger partial charge on any atom is 0.220 e. The van der Waals surface area contributed by atoms with Crippen LogP contribution in [-0.2, 0) is 4.79 Å². The van der Waals surface area contributed by atoms with Crippen molar-refractivity contribution in [2.75, 3.05) is 6.54 Å². The Hall–Kier alpha value is -0.0500. The van der Waals surface area contributed by atoms with E-state index in [1.54, 1.807) is 0 Å². The predicted octanol–water partition coefficient (Wildman–Crippen LogP) is 4.66. The first-order chi connectivity index (χ1) is 8.56. The van der Waals surface area contributed by atoms with Gasteiger partial charge in [-0.1, -0.05) is 68.8 Å². The molecule has 0 bridgehead atoms. The lowest BCUT2D eigenvalue weighted by Crippen LogP contribution is -2.29. The zero-order chi connectivity index (χ0) is 13.8. The highest BCUT2D eigenvalue weighted by atomic mass is 79.9. The molecule has 0 fully saturated rings. The summed E-state index contributed by atoms with van der Waals surface area (Å²) in [5.74, 6) is 0.878. The average molecular weight is 320 g/mol. The van der Waals surface area contributed by atoms with Crippen LogP contribution in [0.1, 0.15) is 72.1 Å². The highest BCUT2D eigenvalue weighted by Crippen LogP contribution is 2.12. The molecule has 2 nitrogen and oxygen atoms in total. The minimum atomic E-state index is 0.207. The fourth-order valence-electron chi connectivity index (χ4n) is 1.97. The van der Waals surface area contributed by atoms with Gasteiger partial charge < -0.3 is 5.32 Å². The quantitative estimate of drug-likeness (QED) is 0.435. The molecule has 0 radical (unpaired) electrons. The van der Waals surface area contributed by atoms with Gasteiger partial charge in [-0.15, -0.1) is 0 Å². The lowest BCUT2D eigenvalue weighted by Gasteiger charge is -2.13. The SMILES string of the molecule is CCCCCCCCC(=O)NCC(Br)CC(C)C. The van der Waals surface area contributed by atoms with Gasteiger partial charge in [0.1, 0.15) is 0 Å². The van der Waals surface area contributed by atoms with Crippen molar-refractivity contribution in [3.8, 4) is 0 Å². The number of hydrogen-bond donors (Lipinski definition) is 1. The summed E-state index contributed by atoms with van der Waals surface area (Å²) >= 11 is 3.60. The molecule has 1 amide bonds. The van der Waals surface area contributed by atoms with E-state index >= 15 is 0 Å². The summed E-state index contributed by atoms with van der Waals surface area (Å²) in [6, 6.07) is 0. The zero-order valence-corrected chi connectivity index (χ0v) is 13.9. The lowest BCUT2D eigenvalue weighted by atomic mass is 10.1. The van der Waals surface area contributed by atoms with Gasteiger partial charge in [-0.05, 0) is 18.8 Å². The number of hydrogen-bond acceptors (Lipinski definition) is 1. The van der Waals surface area contributed by atoms with Gasteiger partial charge in [-0.2, -0.15) is 0 Å². The van der Waals surface area contributed by atoms with Crippen LogP contribution in [0.3, 0.4) is 0 Å². The Morgan fingerprint density at radius 2 is 1.72 bits per heavy atom. The van der Waals surface area contributed by atoms with Crippen LogP contribution in [0, 0.1) is 5.92 Å². The third-order valence-corrected chi connectivity index (χ3v) is 3.70. The van der Waals surface area contributed by atoms with Crippen molar-refractivity contribution in [1.29, 1.82) is 0 Å². The highest BCUT2D eigenvalue weighted by molar-refractivity contribution is 9.09. The number of alkyl halides is 1. The Kier molecular flexibility index (Phi) is 12.0. The maximum absolute atomic E-state index is 11.6. The summed E-state index contributed by atoms with van der Waals surface area (Å²) in [5, 5.41) is 3.00. The summed E-state index contributed by atoms with van der Waals surface area (Å²) in [6.07, 6.45) is 9.22. The fourth-order valence-corrected chi connectivity index (χ4v) is 2.88. The van der Waals surface area contributed by atoms with E-state index < -0.39 is 0 Å². The summed E-state index contributed by atoms with van der Waals surface area (Å²) in [5.41, 5.74) is 0. The second kappa shape index (κ2) is 12.0. The molecule has 1 atom stereocenters. The molecule has 0 aromatic heterocycles. The Morgan fingerprint density at radius 3 is 2.33 bits per heavy atom. The molecule has 0 rings (SSSR count). The van der Waals surface area contributed by atoms with Crippen LogP contribution in [-0.4, -0.2) is 17.3 Å². The number of carbonyl (C=O) groups excluding carboxylic acids is 1. The molecule has 1 unspecified atom stereocenters. The summed E-state index contributed by atoms with van der Waals surface area (Å²) < 4.78 is 0. The van der Waals surface area contributed by atoms with Gasteiger partial charge >= 0.3 is 0 Å². The van der Waals surface area contributed by atoms with Gasteiger partial charge in [0.2, 0.25) is 5.91 Å². The van der Waals surface area contributed by atoms with Crippen LogP contribution in [0.15, 0.2) is 0 Å². The van der Waals surface area contributed by atoms with Gasteiger partial charge in [0, 0.05) is 17.8 Å². The second-order valence-corrected chi connectivity index (χ2v) is 6.84. The summed E-state index contributed by atoms with van der Waals surface area (Å²) in [7, 11) is 0. The molecule has 18 heavy (non-hydrogen) atoms. The number of unbranched alkanes of at least 4 members (excludes halogenated alkanes) is 5. The molecule has 0 saturated carbocycles. The van der Waals surface area contributed by atoms with E-state index in [1.807, 2.05) is 0 Å². The molecule has 1 N–H and O–H groups in total. The molecule has 0 aliphatic heterocycles. The van der Waals surface area contributed by atoms with Crippen LogP contribution in [0.5, 0.6) is 0 Å². The third-order valence-electron chi connectivity index (χ3n) is 3.01. The Balaban J connectivity index is 3.37. The van der Waals surface area contributed by atoms with Crippen molar-refractivity contribution in [2.45, 2.75) is 77.0 Å². The van der Waals surface area contributed by atoms with Gasteiger partial charge in [0.25, 0.3) is 0 Å².